The van der Waals surface area contributed by atoms with Gasteiger partial charge in [-0.15, -0.1) is 0 Å². The average Bonchev–Trinajstić information content (AvgIpc) is 2.73. The second-order valence-corrected chi connectivity index (χ2v) is 6.49. The van der Waals surface area contributed by atoms with Crippen LogP contribution in [0.25, 0.3) is 0 Å². The lowest BCUT2D eigenvalue weighted by molar-refractivity contribution is -0.00881. The molecule has 0 aliphatic heterocycles. The van der Waals surface area contributed by atoms with E-state index < -0.39 is 11.6 Å². The molecule has 1 atom stereocenters. The lowest BCUT2D eigenvalue weighted by Gasteiger charge is -2.23. The molecule has 0 saturated carbocycles. The van der Waals surface area contributed by atoms with Crippen LogP contribution in [0.5, 0.6) is 0 Å². The first-order valence-electron chi connectivity index (χ1n) is 9.38. The second-order valence-electron chi connectivity index (χ2n) is 6.49. The first kappa shape index (κ1) is 21.4. The molecule has 0 aromatic heterocycles. The fraction of sp³-hybridized carbons (Fsp3) is 0.304. The van der Waals surface area contributed by atoms with Crippen molar-refractivity contribution in [2.75, 3.05) is 13.2 Å². The number of carbonyl (C=O) groups is 2. The molecule has 1 N–H and O–H groups in total. The first-order chi connectivity index (χ1) is 13.5. The lowest BCUT2D eigenvalue weighted by atomic mass is 9.98. The van der Waals surface area contributed by atoms with Gasteiger partial charge < -0.3 is 14.6 Å². The van der Waals surface area contributed by atoms with Crippen LogP contribution >= 0.6 is 0 Å². The number of esters is 2. The summed E-state index contributed by atoms with van der Waals surface area (Å²) in [5, 5.41) is 10.7. The molecule has 2 aromatic carbocycles. The van der Waals surface area contributed by atoms with Gasteiger partial charge in [-0.1, -0.05) is 61.9 Å². The zero-order valence-corrected chi connectivity index (χ0v) is 16.0. The minimum atomic E-state index is -1.25. The number of aliphatic hydroxyl groups is 1. The van der Waals surface area contributed by atoms with E-state index in [2.05, 4.69) is 0 Å². The van der Waals surface area contributed by atoms with Crippen molar-refractivity contribution in [1.29, 1.82) is 0 Å². The Balaban J connectivity index is 1.81. The standard InChI is InChI=1S/C23H26O5/c1-2-15-23(26,18-28-22(25)20-13-7-4-8-14-20)16-9-10-17-27-21(24)19-11-5-3-6-12-19/h3-9,11-14,16,26H,2,10,15,17-18H2,1H3/b16-9+/t23-/m0/s1. The van der Waals surface area contributed by atoms with Crippen LogP contribution in [-0.4, -0.2) is 35.9 Å². The van der Waals surface area contributed by atoms with Gasteiger partial charge in [0.1, 0.15) is 12.2 Å². The van der Waals surface area contributed by atoms with Crippen molar-refractivity contribution in [2.24, 2.45) is 0 Å². The van der Waals surface area contributed by atoms with Gasteiger partial charge in [0.25, 0.3) is 0 Å². The molecule has 2 rings (SSSR count). The Kier molecular flexibility index (Phi) is 8.43. The van der Waals surface area contributed by atoms with E-state index in [4.69, 9.17) is 9.47 Å². The summed E-state index contributed by atoms with van der Waals surface area (Å²) in [7, 11) is 0. The minimum Gasteiger partial charge on any atom is -0.462 e. The maximum atomic E-state index is 12.1. The smallest absolute Gasteiger partial charge is 0.338 e. The summed E-state index contributed by atoms with van der Waals surface area (Å²) in [5.74, 6) is -0.852. The Morgan fingerprint density at radius 1 is 0.929 bits per heavy atom. The van der Waals surface area contributed by atoms with E-state index in [0.29, 0.717) is 24.0 Å². The molecule has 0 heterocycles. The third-order valence-electron chi connectivity index (χ3n) is 4.10. The van der Waals surface area contributed by atoms with Gasteiger partial charge in [0.2, 0.25) is 0 Å². The maximum absolute atomic E-state index is 12.1. The second kappa shape index (κ2) is 11.0. The van der Waals surface area contributed by atoms with Crippen LogP contribution in [0.2, 0.25) is 0 Å². The number of carbonyl (C=O) groups excluding carboxylic acids is 2. The Morgan fingerprint density at radius 2 is 1.46 bits per heavy atom. The van der Waals surface area contributed by atoms with Crippen LogP contribution in [-0.2, 0) is 9.47 Å². The van der Waals surface area contributed by atoms with Gasteiger partial charge in [-0.3, -0.25) is 0 Å². The number of hydrogen-bond acceptors (Lipinski definition) is 5. The highest BCUT2D eigenvalue weighted by Crippen LogP contribution is 2.17. The quantitative estimate of drug-likeness (QED) is 0.379. The summed E-state index contributed by atoms with van der Waals surface area (Å²) in [6, 6.07) is 17.4. The zero-order valence-electron chi connectivity index (χ0n) is 16.0. The van der Waals surface area contributed by atoms with E-state index in [1.807, 2.05) is 19.1 Å². The highest BCUT2D eigenvalue weighted by molar-refractivity contribution is 5.89. The molecule has 5 nitrogen and oxygen atoms in total. The van der Waals surface area contributed by atoms with Gasteiger partial charge in [0, 0.05) is 0 Å². The van der Waals surface area contributed by atoms with Gasteiger partial charge in [-0.05, 0) is 37.1 Å². The molecule has 0 radical (unpaired) electrons. The predicted octanol–water partition coefficient (Wildman–Crippen LogP) is 4.18. The Bertz CT molecular complexity index is 770. The Morgan fingerprint density at radius 3 is 2.00 bits per heavy atom. The van der Waals surface area contributed by atoms with Gasteiger partial charge >= 0.3 is 11.9 Å². The van der Waals surface area contributed by atoms with Crippen LogP contribution in [0.1, 0.15) is 46.9 Å². The van der Waals surface area contributed by atoms with Crippen molar-refractivity contribution in [3.8, 4) is 0 Å². The fourth-order valence-corrected chi connectivity index (χ4v) is 2.66. The number of ether oxygens (including phenoxy) is 2. The summed E-state index contributed by atoms with van der Waals surface area (Å²) >= 11 is 0. The molecule has 0 saturated heterocycles. The van der Waals surface area contributed by atoms with E-state index in [9.17, 15) is 14.7 Å². The van der Waals surface area contributed by atoms with Gasteiger partial charge in [-0.25, -0.2) is 9.59 Å². The normalized spacial score (nSPS) is 13.1. The minimum absolute atomic E-state index is 0.130. The summed E-state index contributed by atoms with van der Waals surface area (Å²) in [4.78, 5) is 23.9. The van der Waals surface area contributed by atoms with E-state index >= 15 is 0 Å². The third-order valence-corrected chi connectivity index (χ3v) is 4.10. The number of benzene rings is 2. The molecule has 28 heavy (non-hydrogen) atoms. The summed E-state index contributed by atoms with van der Waals surface area (Å²) in [6.45, 7) is 2.02. The highest BCUT2D eigenvalue weighted by atomic mass is 16.5. The maximum Gasteiger partial charge on any atom is 0.338 e. The zero-order chi connectivity index (χ0) is 20.2. The van der Waals surface area contributed by atoms with Crippen LogP contribution in [0.15, 0.2) is 72.8 Å². The first-order valence-corrected chi connectivity index (χ1v) is 9.38. The molecule has 0 spiro atoms. The topological polar surface area (TPSA) is 72.8 Å². The molecule has 0 aliphatic rings. The lowest BCUT2D eigenvalue weighted by Crippen LogP contribution is -2.33. The molecule has 2 aromatic rings. The monoisotopic (exact) mass is 382 g/mol. The third kappa shape index (κ3) is 7.00. The molecule has 0 unspecified atom stereocenters. The number of hydrogen-bond donors (Lipinski definition) is 1. The van der Waals surface area contributed by atoms with Crippen molar-refractivity contribution in [1.82, 2.24) is 0 Å². The molecular weight excluding hydrogens is 356 g/mol. The van der Waals surface area contributed by atoms with Gasteiger partial charge in [0.05, 0.1) is 17.7 Å². The molecule has 0 aliphatic carbocycles. The number of rotatable bonds is 10. The molecule has 148 valence electrons. The SMILES string of the molecule is CCC[C@](O)(/C=C/CCOC(=O)c1ccccc1)COC(=O)c1ccccc1. The van der Waals surface area contributed by atoms with Crippen molar-refractivity contribution in [3.05, 3.63) is 83.9 Å². The summed E-state index contributed by atoms with van der Waals surface area (Å²) in [5.41, 5.74) is -0.303. The molecule has 0 amide bonds. The van der Waals surface area contributed by atoms with E-state index in [-0.39, 0.29) is 19.2 Å². The van der Waals surface area contributed by atoms with Crippen LogP contribution in [0.4, 0.5) is 0 Å². The Hall–Kier alpha value is -2.92. The van der Waals surface area contributed by atoms with Gasteiger partial charge in [-0.2, -0.15) is 0 Å². The van der Waals surface area contributed by atoms with Crippen molar-refractivity contribution < 1.29 is 24.2 Å². The fourth-order valence-electron chi connectivity index (χ4n) is 2.66. The van der Waals surface area contributed by atoms with E-state index in [1.165, 1.54) is 0 Å². The van der Waals surface area contributed by atoms with Crippen LogP contribution in [0.3, 0.4) is 0 Å². The van der Waals surface area contributed by atoms with Crippen molar-refractivity contribution >= 4 is 11.9 Å². The average molecular weight is 382 g/mol. The predicted molar refractivity (Wildman–Crippen MR) is 107 cm³/mol. The Labute approximate surface area is 165 Å². The van der Waals surface area contributed by atoms with E-state index in [0.717, 1.165) is 6.42 Å². The molecule has 5 heteroatoms. The summed E-state index contributed by atoms with van der Waals surface area (Å²) < 4.78 is 10.5. The summed E-state index contributed by atoms with van der Waals surface area (Å²) in [6.07, 6.45) is 4.99. The highest BCUT2D eigenvalue weighted by Gasteiger charge is 2.25. The van der Waals surface area contributed by atoms with Crippen molar-refractivity contribution in [2.45, 2.75) is 31.8 Å². The molecular formula is C23H26O5. The molecule has 0 fully saturated rings. The van der Waals surface area contributed by atoms with E-state index in [1.54, 1.807) is 60.7 Å². The van der Waals surface area contributed by atoms with Crippen LogP contribution in [0, 0.1) is 0 Å². The largest absolute Gasteiger partial charge is 0.462 e. The molecule has 0 bridgehead atoms. The van der Waals surface area contributed by atoms with Gasteiger partial charge in [0.15, 0.2) is 0 Å². The van der Waals surface area contributed by atoms with Crippen molar-refractivity contribution in [3.63, 3.8) is 0 Å². The van der Waals surface area contributed by atoms with Crippen LogP contribution < -0.4 is 0 Å².